The SMILES string of the molecule is Cc1cc(CN2CC2)c2c(c1)PC(N)C(N)O2. The maximum atomic E-state index is 5.96. The van der Waals surface area contributed by atoms with Gasteiger partial charge in [0, 0.05) is 30.5 Å². The second-order valence-electron chi connectivity index (χ2n) is 4.83. The number of hydrogen-bond acceptors (Lipinski definition) is 4. The van der Waals surface area contributed by atoms with Crippen molar-refractivity contribution in [1.82, 2.24) is 4.90 Å². The third-order valence-corrected chi connectivity index (χ3v) is 4.52. The van der Waals surface area contributed by atoms with E-state index in [0.29, 0.717) is 8.58 Å². The van der Waals surface area contributed by atoms with Gasteiger partial charge in [0.05, 0.1) is 5.78 Å². The molecule has 2 heterocycles. The lowest BCUT2D eigenvalue weighted by molar-refractivity contribution is 0.201. The molecule has 0 amide bonds. The Balaban J connectivity index is 1.97. The van der Waals surface area contributed by atoms with Crippen molar-refractivity contribution in [2.45, 2.75) is 25.5 Å². The quantitative estimate of drug-likeness (QED) is 0.577. The molecule has 1 saturated heterocycles. The van der Waals surface area contributed by atoms with Crippen molar-refractivity contribution in [1.29, 1.82) is 0 Å². The molecule has 5 heteroatoms. The summed E-state index contributed by atoms with van der Waals surface area (Å²) in [5.41, 5.74) is 14.4. The van der Waals surface area contributed by atoms with E-state index in [1.807, 2.05) is 0 Å². The Labute approximate surface area is 103 Å². The van der Waals surface area contributed by atoms with Gasteiger partial charge in [-0.1, -0.05) is 14.6 Å². The van der Waals surface area contributed by atoms with E-state index in [4.69, 9.17) is 16.2 Å². The molecule has 2 aliphatic rings. The predicted molar refractivity (Wildman–Crippen MR) is 71.0 cm³/mol. The van der Waals surface area contributed by atoms with E-state index >= 15 is 0 Å². The lowest BCUT2D eigenvalue weighted by atomic mass is 10.1. The summed E-state index contributed by atoms with van der Waals surface area (Å²) in [5.74, 6) is 0.911. The lowest BCUT2D eigenvalue weighted by Crippen LogP contribution is -2.47. The number of hydrogen-bond donors (Lipinski definition) is 2. The third-order valence-electron chi connectivity index (χ3n) is 3.17. The predicted octanol–water partition coefficient (Wildman–Crippen LogP) is 0.0764. The summed E-state index contributed by atoms with van der Waals surface area (Å²) in [6.07, 6.45) is -0.364. The summed E-state index contributed by atoms with van der Waals surface area (Å²) in [7, 11) is 0.546. The molecule has 0 saturated carbocycles. The summed E-state index contributed by atoms with van der Waals surface area (Å²) in [6, 6.07) is 4.37. The first-order valence-electron chi connectivity index (χ1n) is 5.94. The highest BCUT2D eigenvalue weighted by Crippen LogP contribution is 2.34. The summed E-state index contributed by atoms with van der Waals surface area (Å²) in [5, 5.41) is 1.23. The Morgan fingerprint density at radius 2 is 2.18 bits per heavy atom. The van der Waals surface area contributed by atoms with Crippen molar-refractivity contribution < 1.29 is 4.74 Å². The van der Waals surface area contributed by atoms with Crippen LogP contribution in [0.5, 0.6) is 5.75 Å². The molecule has 17 heavy (non-hydrogen) atoms. The van der Waals surface area contributed by atoms with Crippen molar-refractivity contribution in [2.24, 2.45) is 11.5 Å². The topological polar surface area (TPSA) is 64.3 Å². The first-order chi connectivity index (χ1) is 8.13. The molecule has 1 aromatic rings. The fourth-order valence-corrected chi connectivity index (χ4v) is 3.41. The van der Waals surface area contributed by atoms with Crippen LogP contribution in [0.1, 0.15) is 11.1 Å². The Bertz CT molecular complexity index is 448. The second kappa shape index (κ2) is 4.21. The van der Waals surface area contributed by atoms with E-state index in [0.717, 1.165) is 12.3 Å². The van der Waals surface area contributed by atoms with Gasteiger partial charge in [-0.15, -0.1) is 0 Å². The van der Waals surface area contributed by atoms with E-state index in [-0.39, 0.29) is 12.0 Å². The average Bonchev–Trinajstić information content (AvgIpc) is 3.05. The van der Waals surface area contributed by atoms with Crippen LogP contribution in [0.15, 0.2) is 12.1 Å². The fraction of sp³-hybridized carbons (Fsp3) is 0.500. The van der Waals surface area contributed by atoms with Crippen molar-refractivity contribution in [3.05, 3.63) is 23.3 Å². The number of fused-ring (bicyclic) bond motifs is 1. The molecule has 3 atom stereocenters. The molecule has 0 spiro atoms. The minimum absolute atomic E-state index is 0.0709. The Hall–Kier alpha value is -0.670. The number of benzene rings is 1. The van der Waals surface area contributed by atoms with Gasteiger partial charge in [-0.2, -0.15) is 0 Å². The van der Waals surface area contributed by atoms with Crippen molar-refractivity contribution in [3.63, 3.8) is 0 Å². The van der Waals surface area contributed by atoms with E-state index in [2.05, 4.69) is 24.0 Å². The number of nitrogens with two attached hydrogens (primary N) is 2. The van der Waals surface area contributed by atoms with E-state index < -0.39 is 0 Å². The zero-order valence-corrected chi connectivity index (χ0v) is 10.9. The lowest BCUT2D eigenvalue weighted by Gasteiger charge is -2.30. The van der Waals surface area contributed by atoms with Gasteiger partial charge < -0.3 is 10.5 Å². The first-order valence-corrected chi connectivity index (χ1v) is 7.01. The number of nitrogens with zero attached hydrogens (tertiary/aromatic N) is 1. The van der Waals surface area contributed by atoms with Gasteiger partial charge in [-0.25, -0.2) is 0 Å². The second-order valence-corrected chi connectivity index (χ2v) is 6.32. The first kappa shape index (κ1) is 11.4. The van der Waals surface area contributed by atoms with Gasteiger partial charge in [0.2, 0.25) is 0 Å². The minimum Gasteiger partial charge on any atom is -0.473 e. The van der Waals surface area contributed by atoms with Crippen LogP contribution in [-0.4, -0.2) is 30.0 Å². The summed E-state index contributed by atoms with van der Waals surface area (Å²) >= 11 is 0. The highest BCUT2D eigenvalue weighted by Gasteiger charge is 2.28. The summed E-state index contributed by atoms with van der Waals surface area (Å²) in [4.78, 5) is 2.38. The summed E-state index contributed by atoms with van der Waals surface area (Å²) < 4.78 is 5.79. The van der Waals surface area contributed by atoms with Crippen molar-refractivity contribution in [3.8, 4) is 5.75 Å². The highest BCUT2D eigenvalue weighted by molar-refractivity contribution is 7.48. The monoisotopic (exact) mass is 251 g/mol. The Kier molecular flexibility index (Phi) is 2.83. The third kappa shape index (κ3) is 2.31. The Morgan fingerprint density at radius 3 is 2.88 bits per heavy atom. The van der Waals surface area contributed by atoms with Gasteiger partial charge in [0.25, 0.3) is 0 Å². The molecule has 92 valence electrons. The highest BCUT2D eigenvalue weighted by atomic mass is 31.1. The maximum absolute atomic E-state index is 5.96. The number of aryl methyl sites for hydroxylation is 1. The Morgan fingerprint density at radius 1 is 1.41 bits per heavy atom. The smallest absolute Gasteiger partial charge is 0.167 e. The zero-order chi connectivity index (χ0) is 12.0. The van der Waals surface area contributed by atoms with Crippen LogP contribution < -0.4 is 21.5 Å². The average molecular weight is 251 g/mol. The summed E-state index contributed by atoms with van der Waals surface area (Å²) in [6.45, 7) is 5.47. The van der Waals surface area contributed by atoms with Crippen LogP contribution in [-0.2, 0) is 6.54 Å². The molecule has 1 aromatic carbocycles. The van der Waals surface area contributed by atoms with E-state index in [1.54, 1.807) is 0 Å². The van der Waals surface area contributed by atoms with Crippen molar-refractivity contribution in [2.75, 3.05) is 13.1 Å². The van der Waals surface area contributed by atoms with Gasteiger partial charge in [-0.05, 0) is 18.6 Å². The molecule has 0 aromatic heterocycles. The molecule has 3 rings (SSSR count). The van der Waals surface area contributed by atoms with Crippen LogP contribution in [0.25, 0.3) is 0 Å². The fourth-order valence-electron chi connectivity index (χ4n) is 2.15. The molecular formula is C12H18N3OP. The van der Waals surface area contributed by atoms with E-state index in [1.165, 1.54) is 29.5 Å². The molecule has 1 fully saturated rings. The standard InChI is InChI=1S/C12H18N3OP/c1-7-4-8(6-15-2-3-15)10-9(5-7)17-12(14)11(13)16-10/h4-5,11-12,17H,2-3,6,13-14H2,1H3. The maximum Gasteiger partial charge on any atom is 0.167 e. The minimum atomic E-state index is -0.364. The molecule has 0 radical (unpaired) electrons. The van der Waals surface area contributed by atoms with Gasteiger partial charge in [0.1, 0.15) is 5.75 Å². The van der Waals surface area contributed by atoms with Crippen LogP contribution in [0.3, 0.4) is 0 Å². The van der Waals surface area contributed by atoms with Crippen molar-refractivity contribution >= 4 is 13.9 Å². The van der Waals surface area contributed by atoms with Gasteiger partial charge in [-0.3, -0.25) is 10.6 Å². The van der Waals surface area contributed by atoms with Crippen LogP contribution in [0, 0.1) is 6.92 Å². The normalized spacial score (nSPS) is 28.9. The van der Waals surface area contributed by atoms with Crippen LogP contribution in [0.4, 0.5) is 0 Å². The molecular weight excluding hydrogens is 233 g/mol. The van der Waals surface area contributed by atoms with Crippen LogP contribution in [0.2, 0.25) is 0 Å². The zero-order valence-electron chi connectivity index (χ0n) is 9.94. The van der Waals surface area contributed by atoms with Gasteiger partial charge >= 0.3 is 0 Å². The molecule has 4 nitrogen and oxygen atoms in total. The van der Waals surface area contributed by atoms with E-state index in [9.17, 15) is 0 Å². The molecule has 0 aliphatic carbocycles. The number of ether oxygens (including phenoxy) is 1. The molecule has 0 bridgehead atoms. The molecule has 3 unspecified atom stereocenters. The molecule has 4 N–H and O–H groups in total. The van der Waals surface area contributed by atoms with Gasteiger partial charge in [0.15, 0.2) is 6.23 Å². The van der Waals surface area contributed by atoms with Crippen LogP contribution >= 0.6 is 8.58 Å². The number of rotatable bonds is 2. The molecule has 2 aliphatic heterocycles. The largest absolute Gasteiger partial charge is 0.473 e.